The van der Waals surface area contributed by atoms with E-state index in [1.807, 2.05) is 26.0 Å². The predicted octanol–water partition coefficient (Wildman–Crippen LogP) is 2.39. The van der Waals surface area contributed by atoms with Crippen molar-refractivity contribution >= 4 is 0 Å². The Morgan fingerprint density at radius 3 is 2.31 bits per heavy atom. The molecule has 1 saturated carbocycles. The number of nitrogens with one attached hydrogen (secondary N) is 1. The minimum absolute atomic E-state index is 0.220. The van der Waals surface area contributed by atoms with Crippen LogP contribution >= 0.6 is 0 Å². The van der Waals surface area contributed by atoms with Gasteiger partial charge in [-0.1, -0.05) is 12.1 Å². The van der Waals surface area contributed by atoms with Crippen molar-refractivity contribution in [2.24, 2.45) is 11.8 Å². The minimum Gasteiger partial charge on any atom is -0.491 e. The average Bonchev–Trinajstić information content (AvgIpc) is 3.05. The molecule has 16 heavy (non-hydrogen) atoms. The zero-order valence-corrected chi connectivity index (χ0v) is 9.94. The summed E-state index contributed by atoms with van der Waals surface area (Å²) in [5.41, 5.74) is 4.15. The number of hydrogen-bond donors (Lipinski definition) is 2. The second-order valence-corrected chi connectivity index (χ2v) is 4.72. The fourth-order valence-corrected chi connectivity index (χ4v) is 1.96. The van der Waals surface area contributed by atoms with Gasteiger partial charge in [0.1, 0.15) is 5.75 Å². The molecule has 0 heterocycles. The first-order chi connectivity index (χ1) is 7.70. The number of ether oxygens (including phenoxy) is 1. The van der Waals surface area contributed by atoms with Gasteiger partial charge in [0.25, 0.3) is 0 Å². The maximum Gasteiger partial charge on any atom is 0.119 e. The Kier molecular flexibility index (Phi) is 3.46. The van der Waals surface area contributed by atoms with Crippen molar-refractivity contribution in [2.75, 3.05) is 0 Å². The van der Waals surface area contributed by atoms with Crippen molar-refractivity contribution in [1.82, 2.24) is 5.43 Å². The lowest BCUT2D eigenvalue weighted by atomic mass is 10.0. The van der Waals surface area contributed by atoms with Crippen molar-refractivity contribution in [1.29, 1.82) is 0 Å². The van der Waals surface area contributed by atoms with Gasteiger partial charge in [0.2, 0.25) is 0 Å². The van der Waals surface area contributed by atoms with E-state index in [0.29, 0.717) is 12.0 Å². The van der Waals surface area contributed by atoms with Gasteiger partial charge < -0.3 is 4.74 Å². The molecule has 1 aliphatic rings. The molecule has 0 radical (unpaired) electrons. The van der Waals surface area contributed by atoms with Crippen LogP contribution in [0.5, 0.6) is 5.75 Å². The van der Waals surface area contributed by atoms with E-state index in [2.05, 4.69) is 17.6 Å². The Morgan fingerprint density at radius 2 is 1.88 bits per heavy atom. The van der Waals surface area contributed by atoms with Gasteiger partial charge >= 0.3 is 0 Å². The highest BCUT2D eigenvalue weighted by atomic mass is 16.5. The van der Waals surface area contributed by atoms with E-state index in [9.17, 15) is 0 Å². The molecule has 3 N–H and O–H groups in total. The van der Waals surface area contributed by atoms with E-state index in [-0.39, 0.29) is 6.10 Å². The normalized spacial score (nSPS) is 17.5. The van der Waals surface area contributed by atoms with Gasteiger partial charge in [0.05, 0.1) is 6.10 Å². The van der Waals surface area contributed by atoms with E-state index in [1.165, 1.54) is 18.4 Å². The molecule has 1 aliphatic carbocycles. The van der Waals surface area contributed by atoms with E-state index in [0.717, 1.165) is 5.75 Å². The van der Waals surface area contributed by atoms with Gasteiger partial charge in [-0.25, -0.2) is 0 Å². The summed E-state index contributed by atoms with van der Waals surface area (Å²) in [6, 6.07) is 8.53. The van der Waals surface area contributed by atoms with Crippen LogP contribution in [-0.2, 0) is 0 Å². The smallest absolute Gasteiger partial charge is 0.119 e. The number of hydrogen-bond acceptors (Lipinski definition) is 3. The fourth-order valence-electron chi connectivity index (χ4n) is 1.96. The summed E-state index contributed by atoms with van der Waals surface area (Å²) in [7, 11) is 0. The van der Waals surface area contributed by atoms with Crippen LogP contribution in [0.25, 0.3) is 0 Å². The van der Waals surface area contributed by atoms with Crippen molar-refractivity contribution < 1.29 is 4.74 Å². The third kappa shape index (κ3) is 2.74. The number of benzene rings is 1. The molecule has 0 amide bonds. The molecule has 1 atom stereocenters. The first-order valence-corrected chi connectivity index (χ1v) is 5.93. The monoisotopic (exact) mass is 220 g/mol. The first-order valence-electron chi connectivity index (χ1n) is 5.93. The van der Waals surface area contributed by atoms with E-state index in [1.54, 1.807) is 0 Å². The first kappa shape index (κ1) is 11.4. The third-order valence-corrected chi connectivity index (χ3v) is 2.88. The molecule has 2 rings (SSSR count). The molecule has 0 spiro atoms. The van der Waals surface area contributed by atoms with Crippen molar-refractivity contribution in [3.8, 4) is 5.75 Å². The van der Waals surface area contributed by atoms with Crippen LogP contribution in [0.15, 0.2) is 24.3 Å². The lowest BCUT2D eigenvalue weighted by Crippen LogP contribution is -2.29. The quantitative estimate of drug-likeness (QED) is 0.591. The molecule has 1 fully saturated rings. The van der Waals surface area contributed by atoms with Crippen molar-refractivity contribution in [3.63, 3.8) is 0 Å². The fraction of sp³-hybridized carbons (Fsp3) is 0.538. The molecule has 3 nitrogen and oxygen atoms in total. The van der Waals surface area contributed by atoms with Crippen LogP contribution in [0.3, 0.4) is 0 Å². The van der Waals surface area contributed by atoms with E-state index < -0.39 is 0 Å². The van der Waals surface area contributed by atoms with Gasteiger partial charge in [-0.15, -0.1) is 0 Å². The van der Waals surface area contributed by atoms with Crippen LogP contribution in [-0.4, -0.2) is 6.10 Å². The second kappa shape index (κ2) is 4.85. The van der Waals surface area contributed by atoms with Crippen molar-refractivity contribution in [3.05, 3.63) is 29.8 Å². The van der Waals surface area contributed by atoms with Crippen LogP contribution in [0.4, 0.5) is 0 Å². The highest BCUT2D eigenvalue weighted by molar-refractivity contribution is 5.30. The molecule has 1 aromatic rings. The molecule has 0 saturated heterocycles. The number of hydrazine groups is 1. The Balaban J connectivity index is 2.05. The lowest BCUT2D eigenvalue weighted by molar-refractivity contribution is 0.242. The summed E-state index contributed by atoms with van der Waals surface area (Å²) in [5.74, 6) is 7.21. The Hall–Kier alpha value is -1.06. The topological polar surface area (TPSA) is 47.3 Å². The maximum atomic E-state index is 5.61. The molecule has 88 valence electrons. The molecular weight excluding hydrogens is 200 g/mol. The van der Waals surface area contributed by atoms with Crippen molar-refractivity contribution in [2.45, 2.75) is 38.8 Å². The highest BCUT2D eigenvalue weighted by Crippen LogP contribution is 2.40. The molecule has 0 bridgehead atoms. The summed E-state index contributed by atoms with van der Waals surface area (Å²) in [4.78, 5) is 0. The van der Waals surface area contributed by atoms with E-state index in [4.69, 9.17) is 10.6 Å². The average molecular weight is 220 g/mol. The van der Waals surface area contributed by atoms with E-state index >= 15 is 0 Å². The lowest BCUT2D eigenvalue weighted by Gasteiger charge is -2.16. The van der Waals surface area contributed by atoms with Gasteiger partial charge in [-0.2, -0.15) is 0 Å². The molecule has 1 aromatic carbocycles. The van der Waals surface area contributed by atoms with Gasteiger partial charge in [-0.05, 0) is 50.3 Å². The molecule has 3 heteroatoms. The Labute approximate surface area is 97.0 Å². The molecule has 0 aromatic heterocycles. The van der Waals surface area contributed by atoms with Crippen LogP contribution in [0, 0.1) is 5.92 Å². The molecule has 1 unspecified atom stereocenters. The second-order valence-electron chi connectivity index (χ2n) is 4.72. The molecule has 0 aliphatic heterocycles. The number of nitrogens with two attached hydrogens (primary N) is 1. The van der Waals surface area contributed by atoms with Crippen LogP contribution in [0.2, 0.25) is 0 Å². The number of rotatable bonds is 5. The minimum atomic E-state index is 0.220. The summed E-state index contributed by atoms with van der Waals surface area (Å²) in [5, 5.41) is 0. The van der Waals surface area contributed by atoms with Gasteiger partial charge in [0.15, 0.2) is 0 Å². The standard InChI is InChI=1S/C13H20N2O/c1-9(2)16-12-7-5-11(6-8-12)13(15-14)10-3-4-10/h5-10,13,15H,3-4,14H2,1-2H3. The zero-order valence-electron chi connectivity index (χ0n) is 9.94. The summed E-state index contributed by atoms with van der Waals surface area (Å²) in [6.45, 7) is 4.06. The summed E-state index contributed by atoms with van der Waals surface area (Å²) >= 11 is 0. The largest absolute Gasteiger partial charge is 0.491 e. The summed E-state index contributed by atoms with van der Waals surface area (Å²) in [6.07, 6.45) is 2.77. The third-order valence-electron chi connectivity index (χ3n) is 2.88. The predicted molar refractivity (Wildman–Crippen MR) is 65.0 cm³/mol. The molecular formula is C13H20N2O. The highest BCUT2D eigenvalue weighted by Gasteiger charge is 2.31. The maximum absolute atomic E-state index is 5.61. The van der Waals surface area contributed by atoms with Gasteiger partial charge in [-0.3, -0.25) is 11.3 Å². The summed E-state index contributed by atoms with van der Waals surface area (Å²) < 4.78 is 5.61. The van der Waals surface area contributed by atoms with Gasteiger partial charge in [0, 0.05) is 6.04 Å². The van der Waals surface area contributed by atoms with Crippen LogP contribution in [0.1, 0.15) is 38.3 Å². The SMILES string of the molecule is CC(C)Oc1ccc(C(NN)C2CC2)cc1. The Bertz CT molecular complexity index is 330. The Morgan fingerprint density at radius 1 is 1.25 bits per heavy atom. The van der Waals surface area contributed by atoms with Crippen LogP contribution < -0.4 is 16.0 Å². The zero-order chi connectivity index (χ0) is 11.5.